The summed E-state index contributed by atoms with van der Waals surface area (Å²) in [5.74, 6) is 0.439. The third kappa shape index (κ3) is 11.0. The first kappa shape index (κ1) is 42.7. The Kier molecular flexibility index (Phi) is 15.2. The number of unbranched alkanes of at least 4 members (excludes halogenated alkanes) is 1. The van der Waals surface area contributed by atoms with Gasteiger partial charge in [0.05, 0.1) is 23.1 Å². The van der Waals surface area contributed by atoms with Gasteiger partial charge in [-0.15, -0.1) is 11.3 Å². The second-order valence-electron chi connectivity index (χ2n) is 15.1. The number of carbonyl (C=O) groups excluding carboxylic acids is 2. The summed E-state index contributed by atoms with van der Waals surface area (Å²) >= 11 is 1.44. The Morgan fingerprint density at radius 3 is 2.60 bits per heavy atom. The smallest absolute Gasteiger partial charge is 0.331 e. The van der Waals surface area contributed by atoms with E-state index >= 15 is 0 Å². The maximum atomic E-state index is 13.6. The predicted octanol–water partition coefficient (Wildman–Crippen LogP) is 5.51. The summed E-state index contributed by atoms with van der Waals surface area (Å²) in [7, 11) is 1.93. The lowest BCUT2D eigenvalue weighted by molar-refractivity contribution is -0.154. The first-order chi connectivity index (χ1) is 28.2. The molecule has 2 aromatic heterocycles. The van der Waals surface area contributed by atoms with E-state index in [0.29, 0.717) is 59.1 Å². The molecule has 2 aliphatic rings. The van der Waals surface area contributed by atoms with Gasteiger partial charge in [-0.1, -0.05) is 42.5 Å². The number of thiophene rings is 1. The number of aliphatic hydroxyl groups excluding tert-OH is 1. The molecule has 1 aliphatic carbocycles. The van der Waals surface area contributed by atoms with Gasteiger partial charge in [-0.3, -0.25) is 19.8 Å². The molecule has 5 aromatic rings. The third-order valence-electron chi connectivity index (χ3n) is 11.1. The molecule has 3 aromatic carbocycles. The van der Waals surface area contributed by atoms with Crippen LogP contribution in [0.1, 0.15) is 75.0 Å². The number of aromatic hydroxyl groups is 2. The van der Waals surface area contributed by atoms with E-state index in [4.69, 9.17) is 4.74 Å². The van der Waals surface area contributed by atoms with Crippen molar-refractivity contribution < 1.29 is 29.6 Å². The fourth-order valence-corrected chi connectivity index (χ4v) is 8.63. The maximum absolute atomic E-state index is 13.6. The van der Waals surface area contributed by atoms with Gasteiger partial charge >= 0.3 is 5.97 Å². The van der Waals surface area contributed by atoms with Gasteiger partial charge in [0.15, 0.2) is 6.29 Å². The van der Waals surface area contributed by atoms with Crippen LogP contribution in [0.15, 0.2) is 89.7 Å². The Balaban J connectivity index is 0.000000221. The first-order valence-electron chi connectivity index (χ1n) is 20.1. The number of piperidine rings is 1. The zero-order chi connectivity index (χ0) is 40.9. The highest BCUT2D eigenvalue weighted by molar-refractivity contribution is 7.13. The standard InChI is InChI=1S/C29H32N2O4S.C16H23N3O3/c32-19-26-9-8-25(36-26)17-30-29(13-10-23-5-1-2-7-27(23)29)28(34)35-20-21-11-14-31(15-12-21)18-22-4-3-6-24(33)16-22;1-17-8-2-3-9-18-10-14(21)11-4-6-13(20)16-12(11)5-7-15(22)19-16/h1-9,16,19,21,30,33H,10-15,17-18,20H2;4-7,14,17-18,20-21H,2-3,8-10H2,1H3,(H,19,22). The Labute approximate surface area is 343 Å². The number of rotatable bonds is 17. The minimum atomic E-state index is -0.863. The number of aromatic amines is 1. The number of likely N-dealkylation sites (tertiary alicyclic amines) is 1. The molecule has 7 N–H and O–H groups in total. The number of carbonyl (C=O) groups is 2. The summed E-state index contributed by atoms with van der Waals surface area (Å²) < 4.78 is 6.00. The number of ether oxygens (including phenoxy) is 1. The number of esters is 1. The van der Waals surface area contributed by atoms with Crippen LogP contribution in [0.5, 0.6) is 11.5 Å². The van der Waals surface area contributed by atoms with Gasteiger partial charge in [-0.25, -0.2) is 4.79 Å². The molecular formula is C45H55N5O7S. The van der Waals surface area contributed by atoms with Crippen LogP contribution in [-0.2, 0) is 34.6 Å². The summed E-state index contributed by atoms with van der Waals surface area (Å²) in [5.41, 5.74) is 3.20. The molecular weight excluding hydrogens is 755 g/mol. The van der Waals surface area contributed by atoms with Gasteiger partial charge in [0.25, 0.3) is 0 Å². The van der Waals surface area contributed by atoms with E-state index in [1.54, 1.807) is 18.2 Å². The largest absolute Gasteiger partial charge is 0.508 e. The Morgan fingerprint density at radius 1 is 1.02 bits per heavy atom. The summed E-state index contributed by atoms with van der Waals surface area (Å²) in [5, 5.41) is 40.4. The lowest BCUT2D eigenvalue weighted by Crippen LogP contribution is -2.48. The van der Waals surface area contributed by atoms with Crippen LogP contribution in [0.25, 0.3) is 10.9 Å². The minimum Gasteiger partial charge on any atom is -0.508 e. The first-order valence-corrected chi connectivity index (χ1v) is 20.9. The lowest BCUT2D eigenvalue weighted by Gasteiger charge is -2.33. The fourth-order valence-electron chi connectivity index (χ4n) is 7.86. The molecule has 3 heterocycles. The zero-order valence-corrected chi connectivity index (χ0v) is 33.9. The number of fused-ring (bicyclic) bond motifs is 2. The van der Waals surface area contributed by atoms with Crippen LogP contribution in [0.3, 0.4) is 0 Å². The summed E-state index contributed by atoms with van der Waals surface area (Å²) in [6.45, 7) is 5.90. The van der Waals surface area contributed by atoms with Crippen molar-refractivity contribution in [1.29, 1.82) is 0 Å². The fraction of sp³-hybridized carbons (Fsp3) is 0.400. The number of phenolic OH excluding ortho intramolecular Hbond substituents is 2. The minimum absolute atomic E-state index is 0.00340. The molecule has 2 unspecified atom stereocenters. The molecule has 58 heavy (non-hydrogen) atoms. The zero-order valence-electron chi connectivity index (χ0n) is 33.0. The number of nitrogens with one attached hydrogen (secondary N) is 4. The number of aliphatic hydroxyl groups is 1. The van der Waals surface area contributed by atoms with E-state index < -0.39 is 11.6 Å². The summed E-state index contributed by atoms with van der Waals surface area (Å²) in [4.78, 5) is 42.8. The van der Waals surface area contributed by atoms with Gasteiger partial charge in [0.1, 0.15) is 17.0 Å². The van der Waals surface area contributed by atoms with Crippen LogP contribution in [0.2, 0.25) is 0 Å². The van der Waals surface area contributed by atoms with Gasteiger partial charge in [-0.2, -0.15) is 0 Å². The second-order valence-corrected chi connectivity index (χ2v) is 16.3. The lowest BCUT2D eigenvalue weighted by atomic mass is 9.91. The Bertz CT molecular complexity index is 2180. The van der Waals surface area contributed by atoms with Gasteiger partial charge in [0, 0.05) is 36.0 Å². The monoisotopic (exact) mass is 809 g/mol. The number of phenols is 2. The van der Waals surface area contributed by atoms with Crippen LogP contribution in [-0.4, -0.2) is 83.8 Å². The van der Waals surface area contributed by atoms with Crippen molar-refractivity contribution in [2.75, 3.05) is 46.4 Å². The van der Waals surface area contributed by atoms with Crippen molar-refractivity contribution in [3.8, 4) is 11.5 Å². The van der Waals surface area contributed by atoms with Crippen LogP contribution in [0.4, 0.5) is 0 Å². The highest BCUT2D eigenvalue weighted by Crippen LogP contribution is 2.39. The molecule has 308 valence electrons. The van der Waals surface area contributed by atoms with Crippen molar-refractivity contribution in [2.24, 2.45) is 5.92 Å². The number of benzene rings is 3. The van der Waals surface area contributed by atoms with Crippen LogP contribution < -0.4 is 21.5 Å². The summed E-state index contributed by atoms with van der Waals surface area (Å²) in [6, 6.07) is 25.5. The topological polar surface area (TPSA) is 176 Å². The molecule has 1 saturated heterocycles. The van der Waals surface area contributed by atoms with E-state index in [-0.39, 0.29) is 17.3 Å². The molecule has 13 heteroatoms. The maximum Gasteiger partial charge on any atom is 0.331 e. The molecule has 7 rings (SSSR count). The van der Waals surface area contributed by atoms with E-state index in [1.807, 2.05) is 55.6 Å². The van der Waals surface area contributed by atoms with Crippen LogP contribution >= 0.6 is 11.3 Å². The number of aldehydes is 1. The number of aromatic nitrogens is 1. The highest BCUT2D eigenvalue weighted by atomic mass is 32.1. The number of pyridine rings is 1. The quantitative estimate of drug-likeness (QED) is 0.0359. The van der Waals surface area contributed by atoms with Crippen molar-refractivity contribution in [3.63, 3.8) is 0 Å². The molecule has 2 atom stereocenters. The van der Waals surface area contributed by atoms with Crippen molar-refractivity contribution in [2.45, 2.75) is 63.3 Å². The number of aryl methyl sites for hydroxylation is 1. The third-order valence-corrected chi connectivity index (χ3v) is 12.1. The molecule has 1 aliphatic heterocycles. The van der Waals surface area contributed by atoms with Crippen molar-refractivity contribution >= 4 is 34.5 Å². The molecule has 0 bridgehead atoms. The molecule has 0 spiro atoms. The van der Waals surface area contributed by atoms with Crippen LogP contribution in [0, 0.1) is 5.92 Å². The van der Waals surface area contributed by atoms with E-state index in [0.717, 1.165) is 87.1 Å². The average Bonchev–Trinajstić information content (AvgIpc) is 3.87. The van der Waals surface area contributed by atoms with Crippen molar-refractivity contribution in [3.05, 3.63) is 127 Å². The number of nitrogens with zero attached hydrogens (tertiary/aromatic N) is 1. The molecule has 0 radical (unpaired) electrons. The number of hydrogen-bond donors (Lipinski definition) is 7. The normalized spacial score (nSPS) is 17.3. The molecule has 12 nitrogen and oxygen atoms in total. The second kappa shape index (κ2) is 20.7. The van der Waals surface area contributed by atoms with E-state index in [2.05, 4.69) is 31.9 Å². The molecule has 1 fully saturated rings. The van der Waals surface area contributed by atoms with Gasteiger partial charge in [-0.05, 0) is 136 Å². The Morgan fingerprint density at radius 2 is 1.83 bits per heavy atom. The number of hydrogen-bond acceptors (Lipinski definition) is 12. The van der Waals surface area contributed by atoms with Gasteiger partial charge in [0.2, 0.25) is 5.56 Å². The SMILES string of the molecule is CNCCCCNCC(O)c1ccc(O)c2[nH]c(=O)ccc12.O=Cc1ccc(CNC2(C(=O)OCC3CCN(Cc4cccc(O)c4)CC3)CCc3ccccc32)s1. The molecule has 0 saturated carbocycles. The molecule has 0 amide bonds. The average molecular weight is 810 g/mol. The summed E-state index contributed by atoms with van der Waals surface area (Å²) in [6.07, 6.45) is 5.74. The predicted molar refractivity (Wildman–Crippen MR) is 227 cm³/mol. The Hall–Kier alpha value is -4.89. The van der Waals surface area contributed by atoms with Crippen molar-refractivity contribution in [1.82, 2.24) is 25.8 Å². The number of H-pyrrole nitrogens is 1. The van der Waals surface area contributed by atoms with E-state index in [1.165, 1.54) is 29.0 Å². The highest BCUT2D eigenvalue weighted by Gasteiger charge is 2.46. The van der Waals surface area contributed by atoms with Gasteiger partial charge < -0.3 is 35.7 Å². The van der Waals surface area contributed by atoms with E-state index in [9.17, 15) is 29.7 Å².